The number of nitrogens with zero attached hydrogens (tertiary/aromatic N) is 2. The molecule has 1 aliphatic heterocycles. The van der Waals surface area contributed by atoms with Crippen LogP contribution in [0.3, 0.4) is 0 Å². The van der Waals surface area contributed by atoms with E-state index in [1.165, 1.54) is 17.0 Å². The molecule has 2 aromatic rings. The molecular weight excluding hydrogens is 400 g/mol. The van der Waals surface area contributed by atoms with Gasteiger partial charge in [-0.15, -0.1) is 0 Å². The first-order valence-electron chi connectivity index (χ1n) is 9.30. The van der Waals surface area contributed by atoms with Crippen molar-refractivity contribution in [2.24, 2.45) is 5.16 Å². The highest BCUT2D eigenvalue weighted by atomic mass is 35.5. The van der Waals surface area contributed by atoms with Crippen LogP contribution in [-0.2, 0) is 11.4 Å². The zero-order valence-electron chi connectivity index (χ0n) is 16.2. The van der Waals surface area contributed by atoms with Crippen molar-refractivity contribution < 1.29 is 18.4 Å². The number of carbonyl (C=O) groups excluding carboxylic acids is 1. The Balaban J connectivity index is 1.72. The van der Waals surface area contributed by atoms with Gasteiger partial charge in [-0.1, -0.05) is 41.0 Å². The lowest BCUT2D eigenvalue weighted by Crippen LogP contribution is -2.45. The van der Waals surface area contributed by atoms with Gasteiger partial charge in [0.1, 0.15) is 11.6 Å². The fourth-order valence-corrected chi connectivity index (χ4v) is 3.28. The minimum Gasteiger partial charge on any atom is -0.390 e. The van der Waals surface area contributed by atoms with E-state index in [2.05, 4.69) is 10.5 Å². The molecule has 1 heterocycles. The molecule has 1 atom stereocenters. The zero-order valence-corrected chi connectivity index (χ0v) is 16.9. The van der Waals surface area contributed by atoms with Crippen LogP contribution < -0.4 is 5.32 Å². The van der Waals surface area contributed by atoms with Gasteiger partial charge in [0.2, 0.25) is 0 Å². The zero-order chi connectivity index (χ0) is 21.0. The molecule has 0 saturated heterocycles. The quantitative estimate of drug-likeness (QED) is 0.733. The van der Waals surface area contributed by atoms with Crippen molar-refractivity contribution in [1.82, 2.24) is 10.2 Å². The van der Waals surface area contributed by atoms with Crippen LogP contribution in [0, 0.1) is 11.6 Å². The van der Waals surface area contributed by atoms with Crippen LogP contribution in [-0.4, -0.2) is 35.3 Å². The van der Waals surface area contributed by atoms with Crippen molar-refractivity contribution in [3.05, 3.63) is 70.2 Å². The highest BCUT2D eigenvalue weighted by Gasteiger charge is 2.28. The third-order valence-corrected chi connectivity index (χ3v) is 4.75. The molecule has 5 nitrogen and oxygen atoms in total. The number of oxime groups is 1. The van der Waals surface area contributed by atoms with Crippen LogP contribution in [0.15, 0.2) is 47.6 Å². The van der Waals surface area contributed by atoms with Crippen molar-refractivity contribution in [3.8, 4) is 0 Å². The van der Waals surface area contributed by atoms with Crippen LogP contribution in [0.4, 0.5) is 13.6 Å². The summed E-state index contributed by atoms with van der Waals surface area (Å²) in [5.41, 5.74) is 1.69. The average molecular weight is 422 g/mol. The minimum atomic E-state index is -0.701. The van der Waals surface area contributed by atoms with Gasteiger partial charge < -0.3 is 15.1 Å². The van der Waals surface area contributed by atoms with Gasteiger partial charge in [0, 0.05) is 34.7 Å². The normalized spacial score (nSPS) is 15.8. The van der Waals surface area contributed by atoms with Gasteiger partial charge in [-0.25, -0.2) is 13.6 Å². The van der Waals surface area contributed by atoms with Crippen LogP contribution in [0.5, 0.6) is 0 Å². The Hall–Kier alpha value is -2.67. The van der Waals surface area contributed by atoms with E-state index in [-0.39, 0.29) is 30.7 Å². The summed E-state index contributed by atoms with van der Waals surface area (Å²) in [4.78, 5) is 19.6. The Morgan fingerprint density at radius 2 is 2.07 bits per heavy atom. The molecule has 8 heteroatoms. The summed E-state index contributed by atoms with van der Waals surface area (Å²) in [6.07, 6.45) is 0.0591. The molecule has 29 heavy (non-hydrogen) atoms. The van der Waals surface area contributed by atoms with E-state index in [0.29, 0.717) is 17.2 Å². The smallest absolute Gasteiger partial charge is 0.318 e. The summed E-state index contributed by atoms with van der Waals surface area (Å²) in [5, 5.41) is 7.47. The van der Waals surface area contributed by atoms with Crippen LogP contribution >= 0.6 is 11.6 Å². The van der Waals surface area contributed by atoms with Gasteiger partial charge >= 0.3 is 6.03 Å². The lowest BCUT2D eigenvalue weighted by atomic mass is 10.0. The van der Waals surface area contributed by atoms with E-state index < -0.39 is 17.7 Å². The number of nitrogens with one attached hydrogen (secondary N) is 1. The maximum absolute atomic E-state index is 14.1. The highest BCUT2D eigenvalue weighted by Crippen LogP contribution is 2.24. The summed E-state index contributed by atoms with van der Waals surface area (Å²) >= 11 is 6.22. The van der Waals surface area contributed by atoms with Gasteiger partial charge in [-0.05, 0) is 26.0 Å². The molecule has 154 valence electrons. The Morgan fingerprint density at radius 3 is 2.76 bits per heavy atom. The van der Waals surface area contributed by atoms with E-state index >= 15 is 0 Å². The van der Waals surface area contributed by atoms with Crippen molar-refractivity contribution in [1.29, 1.82) is 0 Å². The molecular formula is C21H22ClF2N3O2. The largest absolute Gasteiger partial charge is 0.390 e. The van der Waals surface area contributed by atoms with E-state index in [1.807, 2.05) is 32.0 Å². The Bertz CT molecular complexity index is 921. The maximum Gasteiger partial charge on any atom is 0.318 e. The molecule has 0 fully saturated rings. The summed E-state index contributed by atoms with van der Waals surface area (Å²) < 4.78 is 27.3. The van der Waals surface area contributed by atoms with Gasteiger partial charge in [-0.2, -0.15) is 0 Å². The predicted octanol–water partition coefficient (Wildman–Crippen LogP) is 4.73. The number of carbonyl (C=O) groups is 1. The number of urea groups is 1. The summed E-state index contributed by atoms with van der Waals surface area (Å²) in [6.45, 7) is 3.83. The molecule has 0 aromatic heterocycles. The number of rotatable bonds is 6. The molecule has 1 unspecified atom stereocenters. The molecule has 0 aliphatic carbocycles. The number of hydrogen-bond acceptors (Lipinski definition) is 3. The van der Waals surface area contributed by atoms with Crippen LogP contribution in [0.25, 0.3) is 0 Å². The van der Waals surface area contributed by atoms with E-state index in [1.54, 1.807) is 6.07 Å². The van der Waals surface area contributed by atoms with Crippen molar-refractivity contribution in [2.45, 2.75) is 39.0 Å². The van der Waals surface area contributed by atoms with Gasteiger partial charge in [0.05, 0.1) is 18.8 Å². The highest BCUT2D eigenvalue weighted by molar-refractivity contribution is 6.34. The van der Waals surface area contributed by atoms with Crippen molar-refractivity contribution in [3.63, 3.8) is 0 Å². The average Bonchev–Trinajstić information content (AvgIpc) is 3.11. The molecule has 2 amide bonds. The maximum atomic E-state index is 14.1. The number of hydrogen-bond donors (Lipinski definition) is 1. The number of amides is 2. The first-order chi connectivity index (χ1) is 13.8. The summed E-state index contributed by atoms with van der Waals surface area (Å²) in [6, 6.07) is 10.2. The third kappa shape index (κ3) is 5.44. The molecule has 1 N–H and O–H groups in total. The van der Waals surface area contributed by atoms with Crippen molar-refractivity contribution in [2.75, 3.05) is 6.54 Å². The van der Waals surface area contributed by atoms with E-state index in [9.17, 15) is 13.6 Å². The minimum absolute atomic E-state index is 0.0219. The Labute approximate surface area is 173 Å². The molecule has 0 spiro atoms. The van der Waals surface area contributed by atoms with Gasteiger partial charge in [0.25, 0.3) is 0 Å². The van der Waals surface area contributed by atoms with Crippen molar-refractivity contribution >= 4 is 23.3 Å². The first kappa shape index (κ1) is 21.0. The second-order valence-corrected chi connectivity index (χ2v) is 7.58. The third-order valence-electron chi connectivity index (χ3n) is 4.42. The fourth-order valence-electron chi connectivity index (χ4n) is 3.04. The van der Waals surface area contributed by atoms with Gasteiger partial charge in [-0.3, -0.25) is 0 Å². The second kappa shape index (κ2) is 9.22. The molecule has 0 saturated carbocycles. The Morgan fingerprint density at radius 1 is 1.31 bits per heavy atom. The molecule has 1 aliphatic rings. The van der Waals surface area contributed by atoms with Crippen LogP contribution in [0.2, 0.25) is 5.02 Å². The predicted molar refractivity (Wildman–Crippen MR) is 108 cm³/mol. The van der Waals surface area contributed by atoms with Gasteiger partial charge in [0.15, 0.2) is 6.10 Å². The number of benzene rings is 2. The lowest BCUT2D eigenvalue weighted by molar-refractivity contribution is 0.0584. The van der Waals surface area contributed by atoms with E-state index in [4.69, 9.17) is 16.4 Å². The fraction of sp³-hybridized carbons (Fsp3) is 0.333. The van der Waals surface area contributed by atoms with Crippen LogP contribution in [0.1, 0.15) is 31.4 Å². The molecule has 0 bridgehead atoms. The SMILES string of the molecule is CC(C)NC(=O)N(Cc1ccc(F)cc1F)CC1CC(c2ccccc2Cl)=NO1. The standard InChI is InChI=1S/C21H22ClF2N3O2/c1-13(2)25-21(28)27(11-14-7-8-15(23)9-19(14)24)12-16-10-20(26-29-16)17-5-3-4-6-18(17)22/h3-9,13,16H,10-12H2,1-2H3,(H,25,28). The first-order valence-corrected chi connectivity index (χ1v) is 9.68. The topological polar surface area (TPSA) is 53.9 Å². The molecule has 0 radical (unpaired) electrons. The summed E-state index contributed by atoms with van der Waals surface area (Å²) in [7, 11) is 0. The lowest BCUT2D eigenvalue weighted by Gasteiger charge is -2.26. The number of halogens is 3. The van der Waals surface area contributed by atoms with E-state index in [0.717, 1.165) is 11.6 Å². The molecule has 2 aromatic carbocycles. The summed E-state index contributed by atoms with van der Waals surface area (Å²) in [5.74, 6) is -1.37. The molecule has 3 rings (SSSR count). The Kier molecular flexibility index (Phi) is 6.69. The second-order valence-electron chi connectivity index (χ2n) is 7.17. The monoisotopic (exact) mass is 421 g/mol.